The molecule has 0 spiro atoms. The van der Waals surface area contributed by atoms with Gasteiger partial charge in [0, 0.05) is 43.1 Å². The van der Waals surface area contributed by atoms with Gasteiger partial charge in [-0.2, -0.15) is 0 Å². The lowest BCUT2D eigenvalue weighted by Gasteiger charge is -2.27. The van der Waals surface area contributed by atoms with Gasteiger partial charge in [0.25, 0.3) is 0 Å². The zero-order valence-corrected chi connectivity index (χ0v) is 17.3. The van der Waals surface area contributed by atoms with Gasteiger partial charge in [-0.25, -0.2) is 23.7 Å². The number of ether oxygens (including phenoxy) is 2. The minimum atomic E-state index is -2.41. The molecular formula is C22H29F2N3O3. The molecule has 4 rings (SSSR count). The lowest BCUT2D eigenvalue weighted by Crippen LogP contribution is -2.26. The first-order chi connectivity index (χ1) is 14.5. The van der Waals surface area contributed by atoms with Crippen LogP contribution >= 0.6 is 0 Å². The van der Waals surface area contributed by atoms with Crippen LogP contribution in [0.25, 0.3) is 10.9 Å². The Kier molecular flexibility index (Phi) is 6.73. The highest BCUT2D eigenvalue weighted by Crippen LogP contribution is 2.38. The second-order valence-corrected chi connectivity index (χ2v) is 8.52. The third-order valence-corrected chi connectivity index (χ3v) is 6.18. The van der Waals surface area contributed by atoms with E-state index < -0.39 is 12.3 Å². The zero-order chi connectivity index (χ0) is 21.1. The lowest BCUT2D eigenvalue weighted by molar-refractivity contribution is 0.0244. The van der Waals surface area contributed by atoms with E-state index in [1.807, 2.05) is 6.20 Å². The van der Waals surface area contributed by atoms with E-state index in [4.69, 9.17) is 14.5 Å². The van der Waals surface area contributed by atoms with Crippen LogP contribution < -0.4 is 4.74 Å². The van der Waals surface area contributed by atoms with E-state index in [1.54, 1.807) is 6.20 Å². The minimum absolute atomic E-state index is 0.0312. The molecule has 0 amide bonds. The number of rotatable bonds is 6. The summed E-state index contributed by atoms with van der Waals surface area (Å²) in [6.07, 6.45) is 5.76. The van der Waals surface area contributed by atoms with E-state index in [1.165, 1.54) is 6.92 Å². The Hall–Kier alpha value is -1.93. The second-order valence-electron chi connectivity index (χ2n) is 8.52. The van der Waals surface area contributed by atoms with Gasteiger partial charge in [0.2, 0.25) is 12.3 Å². The molecule has 0 aromatic carbocycles. The predicted octanol–water partition coefficient (Wildman–Crippen LogP) is 4.04. The van der Waals surface area contributed by atoms with Crippen LogP contribution in [0.1, 0.15) is 62.8 Å². The van der Waals surface area contributed by atoms with E-state index in [2.05, 4.69) is 9.97 Å². The van der Waals surface area contributed by atoms with Crippen LogP contribution in [-0.4, -0.2) is 51.9 Å². The summed E-state index contributed by atoms with van der Waals surface area (Å²) in [4.78, 5) is 13.6. The highest BCUT2D eigenvalue weighted by molar-refractivity contribution is 5.85. The molecule has 0 bridgehead atoms. The van der Waals surface area contributed by atoms with Crippen molar-refractivity contribution in [2.45, 2.75) is 76.4 Å². The van der Waals surface area contributed by atoms with Gasteiger partial charge < -0.3 is 14.6 Å². The first kappa shape index (κ1) is 21.3. The van der Waals surface area contributed by atoms with Gasteiger partial charge in [0.05, 0.1) is 30.2 Å². The van der Waals surface area contributed by atoms with Crippen LogP contribution in [0.15, 0.2) is 12.4 Å². The summed E-state index contributed by atoms with van der Waals surface area (Å²) in [6, 6.07) is 0. The Morgan fingerprint density at radius 1 is 1.10 bits per heavy atom. The van der Waals surface area contributed by atoms with Crippen LogP contribution in [0.3, 0.4) is 0 Å². The number of aliphatic hydroxyl groups is 1. The number of fused-ring (bicyclic) bond motifs is 1. The van der Waals surface area contributed by atoms with Crippen LogP contribution in [0.4, 0.5) is 8.78 Å². The fourth-order valence-corrected chi connectivity index (χ4v) is 4.26. The van der Waals surface area contributed by atoms with E-state index in [0.29, 0.717) is 24.9 Å². The molecule has 2 aromatic rings. The standard InChI is InChI=1S/C22H29F2N3O3/c1-13(21(23)24)10-19-25-12-18-20(27-19)17(14-2-4-15(28)5-3-14)11-26-22(18)30-16-6-8-29-9-7-16/h11-16,21,28H,2-10H2,1H3/t13-,14?,15?/m1/s1. The summed E-state index contributed by atoms with van der Waals surface area (Å²) < 4.78 is 37.6. The van der Waals surface area contributed by atoms with Crippen molar-refractivity contribution >= 4 is 10.9 Å². The summed E-state index contributed by atoms with van der Waals surface area (Å²) in [6.45, 7) is 2.84. The molecule has 2 fully saturated rings. The molecule has 6 nitrogen and oxygen atoms in total. The molecule has 2 aromatic heterocycles. The number of pyridine rings is 1. The van der Waals surface area contributed by atoms with E-state index in [0.717, 1.165) is 55.0 Å². The smallest absolute Gasteiger partial charge is 0.241 e. The number of halogens is 2. The Bertz CT molecular complexity index is 853. The summed E-state index contributed by atoms with van der Waals surface area (Å²) in [5, 5.41) is 10.6. The summed E-state index contributed by atoms with van der Waals surface area (Å²) in [5.41, 5.74) is 1.73. The fraction of sp³-hybridized carbons (Fsp3) is 0.682. The molecule has 3 heterocycles. The van der Waals surface area contributed by atoms with Crippen molar-refractivity contribution in [3.05, 3.63) is 23.8 Å². The molecule has 0 radical (unpaired) electrons. The van der Waals surface area contributed by atoms with Gasteiger partial charge in [-0.05, 0) is 31.6 Å². The molecule has 2 aliphatic rings. The van der Waals surface area contributed by atoms with Gasteiger partial charge in [-0.15, -0.1) is 0 Å². The summed E-state index contributed by atoms with van der Waals surface area (Å²) in [7, 11) is 0. The van der Waals surface area contributed by atoms with Gasteiger partial charge in [-0.1, -0.05) is 6.92 Å². The van der Waals surface area contributed by atoms with Crippen molar-refractivity contribution in [3.8, 4) is 5.88 Å². The summed E-state index contributed by atoms with van der Waals surface area (Å²) >= 11 is 0. The maximum atomic E-state index is 13.0. The van der Waals surface area contributed by atoms with Crippen LogP contribution in [0, 0.1) is 5.92 Å². The molecule has 0 unspecified atom stereocenters. The molecule has 1 saturated heterocycles. The largest absolute Gasteiger partial charge is 0.474 e. The van der Waals surface area contributed by atoms with Gasteiger partial charge in [0.1, 0.15) is 11.9 Å². The molecule has 1 aliphatic heterocycles. The topological polar surface area (TPSA) is 77.4 Å². The quantitative estimate of drug-likeness (QED) is 0.758. The minimum Gasteiger partial charge on any atom is -0.474 e. The molecule has 1 atom stereocenters. The van der Waals surface area contributed by atoms with Crippen LogP contribution in [0.5, 0.6) is 5.88 Å². The number of nitrogens with zero attached hydrogens (tertiary/aromatic N) is 3. The Labute approximate surface area is 175 Å². The number of alkyl halides is 2. The molecule has 8 heteroatoms. The molecule has 1 aliphatic carbocycles. The fourth-order valence-electron chi connectivity index (χ4n) is 4.26. The Morgan fingerprint density at radius 3 is 2.53 bits per heavy atom. The molecule has 164 valence electrons. The van der Waals surface area contributed by atoms with Gasteiger partial charge in [-0.3, -0.25) is 0 Å². The third-order valence-electron chi connectivity index (χ3n) is 6.18. The number of aliphatic hydroxyl groups excluding tert-OH is 1. The first-order valence-electron chi connectivity index (χ1n) is 10.9. The van der Waals surface area contributed by atoms with E-state index >= 15 is 0 Å². The summed E-state index contributed by atoms with van der Waals surface area (Å²) in [5.74, 6) is 0.326. The zero-order valence-electron chi connectivity index (χ0n) is 17.3. The monoisotopic (exact) mass is 421 g/mol. The maximum absolute atomic E-state index is 13.0. The first-order valence-corrected chi connectivity index (χ1v) is 10.9. The van der Waals surface area contributed by atoms with Crippen LogP contribution in [-0.2, 0) is 11.2 Å². The highest BCUT2D eigenvalue weighted by Gasteiger charge is 2.26. The Balaban J connectivity index is 1.68. The number of hydrogen-bond donors (Lipinski definition) is 1. The third kappa shape index (κ3) is 4.86. The van der Waals surface area contributed by atoms with Crippen molar-refractivity contribution in [3.63, 3.8) is 0 Å². The Morgan fingerprint density at radius 2 is 1.83 bits per heavy atom. The average Bonchev–Trinajstić information content (AvgIpc) is 2.75. The molecular weight excluding hydrogens is 392 g/mol. The van der Waals surface area contributed by atoms with Crippen molar-refractivity contribution < 1.29 is 23.4 Å². The van der Waals surface area contributed by atoms with Gasteiger partial charge in [0.15, 0.2) is 0 Å². The van der Waals surface area contributed by atoms with E-state index in [9.17, 15) is 13.9 Å². The second kappa shape index (κ2) is 9.47. The molecule has 1 N–H and O–H groups in total. The van der Waals surface area contributed by atoms with Crippen molar-refractivity contribution in [1.82, 2.24) is 15.0 Å². The molecule has 30 heavy (non-hydrogen) atoms. The predicted molar refractivity (Wildman–Crippen MR) is 108 cm³/mol. The normalized spacial score (nSPS) is 24.3. The number of aromatic nitrogens is 3. The number of hydrogen-bond acceptors (Lipinski definition) is 6. The lowest BCUT2D eigenvalue weighted by atomic mass is 9.82. The van der Waals surface area contributed by atoms with E-state index in [-0.39, 0.29) is 24.5 Å². The SMILES string of the molecule is C[C@H](Cc1ncc2c(OC3CCOCC3)ncc(C3CCC(O)CC3)c2n1)C(F)F. The van der Waals surface area contributed by atoms with Crippen LogP contribution in [0.2, 0.25) is 0 Å². The molecule has 1 saturated carbocycles. The maximum Gasteiger partial charge on any atom is 0.241 e. The average molecular weight is 421 g/mol. The van der Waals surface area contributed by atoms with Crippen molar-refractivity contribution in [2.75, 3.05) is 13.2 Å². The van der Waals surface area contributed by atoms with Crippen molar-refractivity contribution in [2.24, 2.45) is 5.92 Å². The highest BCUT2D eigenvalue weighted by atomic mass is 19.3. The van der Waals surface area contributed by atoms with Gasteiger partial charge >= 0.3 is 0 Å². The van der Waals surface area contributed by atoms with Crippen molar-refractivity contribution in [1.29, 1.82) is 0 Å².